The van der Waals surface area contributed by atoms with Gasteiger partial charge in [-0.25, -0.2) is 9.59 Å². The second-order valence-electron chi connectivity index (χ2n) is 10.3. The molecular weight excluding hydrogens is 552 g/mol. The zero-order valence-corrected chi connectivity index (χ0v) is 24.1. The van der Waals surface area contributed by atoms with E-state index in [9.17, 15) is 19.2 Å². The van der Waals surface area contributed by atoms with Crippen molar-refractivity contribution in [2.45, 2.75) is 43.5 Å². The van der Waals surface area contributed by atoms with Gasteiger partial charge in [-0.1, -0.05) is 91.0 Å². The molecule has 5 rings (SSSR count). The van der Waals surface area contributed by atoms with Crippen LogP contribution in [0.3, 0.4) is 0 Å². The van der Waals surface area contributed by atoms with Crippen LogP contribution in [0.25, 0.3) is 0 Å². The first-order chi connectivity index (χ1) is 20.3. The number of rotatable bonds is 9. The molecule has 3 aromatic carbocycles. The van der Waals surface area contributed by atoms with Gasteiger partial charge in [0.25, 0.3) is 5.91 Å². The van der Waals surface area contributed by atoms with Crippen molar-refractivity contribution in [3.05, 3.63) is 119 Å². The van der Waals surface area contributed by atoms with Crippen molar-refractivity contribution in [2.24, 2.45) is 0 Å². The van der Waals surface area contributed by atoms with Gasteiger partial charge in [-0.15, -0.1) is 11.8 Å². The number of carbonyl (C=O) groups is 4. The summed E-state index contributed by atoms with van der Waals surface area (Å²) in [4.78, 5) is 54.8. The number of thioether (sulfide) groups is 1. The molecule has 3 aromatic rings. The first-order valence-corrected chi connectivity index (χ1v) is 14.7. The second kappa shape index (κ2) is 12.5. The van der Waals surface area contributed by atoms with Crippen molar-refractivity contribution in [1.29, 1.82) is 0 Å². The SMILES string of the molecule is CC(C)NC(=O)NC1(NC(=O)Cc2ccccc2)C(=O)N2C(C(=O)OC(c3ccccc3)c3ccccc3)=CCS[C@H]21. The number of hydrogen-bond donors (Lipinski definition) is 3. The lowest BCUT2D eigenvalue weighted by atomic mass is 9.95. The summed E-state index contributed by atoms with van der Waals surface area (Å²) in [5, 5.41) is 7.44. The molecule has 216 valence electrons. The maximum Gasteiger partial charge on any atom is 0.355 e. The zero-order chi connectivity index (χ0) is 29.7. The Hall–Kier alpha value is -4.57. The molecule has 1 unspecified atom stereocenters. The second-order valence-corrected chi connectivity index (χ2v) is 11.4. The summed E-state index contributed by atoms with van der Waals surface area (Å²) in [5.74, 6) is -1.38. The fourth-order valence-corrected chi connectivity index (χ4v) is 6.26. The fraction of sp³-hybridized carbons (Fsp3) is 0.250. The quantitative estimate of drug-likeness (QED) is 0.200. The van der Waals surface area contributed by atoms with Crippen LogP contribution in [0.1, 0.15) is 36.6 Å². The number of ether oxygens (including phenoxy) is 1. The first-order valence-electron chi connectivity index (χ1n) is 13.7. The molecule has 2 atom stereocenters. The van der Waals surface area contributed by atoms with E-state index in [4.69, 9.17) is 4.74 Å². The Labute approximate surface area is 248 Å². The Morgan fingerprint density at radius 3 is 2.05 bits per heavy atom. The van der Waals surface area contributed by atoms with Gasteiger partial charge in [-0.2, -0.15) is 0 Å². The minimum atomic E-state index is -1.74. The van der Waals surface area contributed by atoms with Gasteiger partial charge in [0.1, 0.15) is 11.1 Å². The number of fused-ring (bicyclic) bond motifs is 1. The van der Waals surface area contributed by atoms with E-state index < -0.39 is 41.0 Å². The molecule has 2 aliphatic heterocycles. The van der Waals surface area contributed by atoms with Gasteiger partial charge in [0.15, 0.2) is 6.10 Å². The Bertz CT molecular complexity index is 1440. The van der Waals surface area contributed by atoms with E-state index in [1.807, 2.05) is 91.0 Å². The number of nitrogens with one attached hydrogen (secondary N) is 3. The molecule has 0 radical (unpaired) electrons. The molecule has 9 nitrogen and oxygen atoms in total. The van der Waals surface area contributed by atoms with Gasteiger partial charge >= 0.3 is 12.0 Å². The number of benzene rings is 3. The van der Waals surface area contributed by atoms with Crippen LogP contribution in [0.5, 0.6) is 0 Å². The van der Waals surface area contributed by atoms with E-state index in [0.29, 0.717) is 5.75 Å². The zero-order valence-electron chi connectivity index (χ0n) is 23.3. The topological polar surface area (TPSA) is 117 Å². The third kappa shape index (κ3) is 6.03. The molecule has 2 aliphatic rings. The molecule has 1 fully saturated rings. The minimum absolute atomic E-state index is 0.0152. The van der Waals surface area contributed by atoms with E-state index in [1.54, 1.807) is 19.9 Å². The van der Waals surface area contributed by atoms with Gasteiger partial charge in [0.2, 0.25) is 11.6 Å². The molecule has 1 saturated heterocycles. The molecule has 3 N–H and O–H groups in total. The van der Waals surface area contributed by atoms with E-state index in [0.717, 1.165) is 16.7 Å². The Balaban J connectivity index is 1.39. The number of β-lactam (4-membered cyclic amide) rings is 1. The lowest BCUT2D eigenvalue weighted by Crippen LogP contribution is -2.86. The highest BCUT2D eigenvalue weighted by Gasteiger charge is 2.66. The lowest BCUT2D eigenvalue weighted by molar-refractivity contribution is -0.162. The summed E-state index contributed by atoms with van der Waals surface area (Å²) in [6.07, 6.45) is 0.954. The van der Waals surface area contributed by atoms with Gasteiger partial charge < -0.3 is 20.7 Å². The Morgan fingerprint density at radius 2 is 1.48 bits per heavy atom. The van der Waals surface area contributed by atoms with Crippen molar-refractivity contribution in [3.8, 4) is 0 Å². The van der Waals surface area contributed by atoms with Crippen LogP contribution in [0, 0.1) is 0 Å². The molecule has 4 amide bonds. The summed E-state index contributed by atoms with van der Waals surface area (Å²) < 4.78 is 6.03. The highest BCUT2D eigenvalue weighted by Crippen LogP contribution is 2.44. The number of carbonyl (C=O) groups excluding carboxylic acids is 4. The summed E-state index contributed by atoms with van der Waals surface area (Å²) in [6, 6.07) is 27.0. The third-order valence-corrected chi connectivity index (χ3v) is 8.10. The van der Waals surface area contributed by atoms with E-state index in [2.05, 4.69) is 16.0 Å². The van der Waals surface area contributed by atoms with Crippen molar-refractivity contribution >= 4 is 35.6 Å². The molecular formula is C32H32N4O5S. The van der Waals surface area contributed by atoms with Crippen LogP contribution in [0.15, 0.2) is 103 Å². The average Bonchev–Trinajstić information content (AvgIpc) is 2.99. The van der Waals surface area contributed by atoms with Crippen LogP contribution in [-0.4, -0.2) is 51.5 Å². The van der Waals surface area contributed by atoms with Crippen LogP contribution < -0.4 is 16.0 Å². The van der Waals surface area contributed by atoms with Gasteiger partial charge in [-0.05, 0) is 36.6 Å². The van der Waals surface area contributed by atoms with Crippen molar-refractivity contribution < 1.29 is 23.9 Å². The van der Waals surface area contributed by atoms with Crippen molar-refractivity contribution in [1.82, 2.24) is 20.9 Å². The molecule has 2 heterocycles. The van der Waals surface area contributed by atoms with Crippen molar-refractivity contribution in [3.63, 3.8) is 0 Å². The average molecular weight is 585 g/mol. The predicted octanol–water partition coefficient (Wildman–Crippen LogP) is 3.88. The monoisotopic (exact) mass is 584 g/mol. The van der Waals surface area contributed by atoms with Gasteiger partial charge in [0.05, 0.1) is 6.42 Å². The number of nitrogens with zero attached hydrogens (tertiary/aromatic N) is 1. The minimum Gasteiger partial charge on any atom is -0.448 e. The van der Waals surface area contributed by atoms with Gasteiger partial charge in [-0.3, -0.25) is 14.5 Å². The summed E-state index contributed by atoms with van der Waals surface area (Å²) in [5.41, 5.74) is 0.647. The number of urea groups is 1. The summed E-state index contributed by atoms with van der Waals surface area (Å²) in [6.45, 7) is 3.58. The smallest absolute Gasteiger partial charge is 0.355 e. The molecule has 10 heteroatoms. The maximum atomic E-state index is 13.9. The van der Waals surface area contributed by atoms with Gasteiger partial charge in [0, 0.05) is 11.8 Å². The molecule has 0 saturated carbocycles. The number of esters is 1. The summed E-state index contributed by atoms with van der Waals surface area (Å²) in [7, 11) is 0. The lowest BCUT2D eigenvalue weighted by Gasteiger charge is -2.56. The fourth-order valence-electron chi connectivity index (χ4n) is 5.00. The van der Waals surface area contributed by atoms with Crippen LogP contribution >= 0.6 is 11.8 Å². The molecule has 0 aliphatic carbocycles. The van der Waals surface area contributed by atoms with E-state index in [1.165, 1.54) is 16.7 Å². The van der Waals surface area contributed by atoms with Crippen LogP contribution in [0.4, 0.5) is 4.79 Å². The molecule has 0 aromatic heterocycles. The molecule has 42 heavy (non-hydrogen) atoms. The van der Waals surface area contributed by atoms with E-state index in [-0.39, 0.29) is 18.2 Å². The summed E-state index contributed by atoms with van der Waals surface area (Å²) >= 11 is 1.33. The molecule has 0 spiro atoms. The Kier molecular flexibility index (Phi) is 8.63. The van der Waals surface area contributed by atoms with Crippen LogP contribution in [-0.2, 0) is 25.5 Å². The third-order valence-electron chi connectivity index (χ3n) is 6.86. The largest absolute Gasteiger partial charge is 0.448 e. The molecule has 0 bridgehead atoms. The predicted molar refractivity (Wildman–Crippen MR) is 160 cm³/mol. The first kappa shape index (κ1) is 28.9. The normalized spacial score (nSPS) is 19.3. The maximum absolute atomic E-state index is 13.9. The van der Waals surface area contributed by atoms with Crippen LogP contribution in [0.2, 0.25) is 0 Å². The standard InChI is InChI=1S/C32H32N4O5S/c1-21(2)33-31(40)35-32(34-26(37)20-22-12-6-3-7-13-22)29(39)36-25(18-19-42-30(32)36)28(38)41-27(23-14-8-4-9-15-23)24-16-10-5-11-17-24/h3-18,21,27,30H,19-20H2,1-2H3,(H,34,37)(H2,33,35,40)/t30-,32?/m0/s1. The van der Waals surface area contributed by atoms with E-state index >= 15 is 0 Å². The van der Waals surface area contributed by atoms with Crippen molar-refractivity contribution in [2.75, 3.05) is 5.75 Å². The number of amides is 4. The number of hydrogen-bond acceptors (Lipinski definition) is 6. The highest BCUT2D eigenvalue weighted by molar-refractivity contribution is 8.00. The Morgan fingerprint density at radius 1 is 0.905 bits per heavy atom. The highest BCUT2D eigenvalue weighted by atomic mass is 32.2.